The van der Waals surface area contributed by atoms with Crippen molar-refractivity contribution in [3.05, 3.63) is 29.8 Å². The number of carbonyl (C=O) groups is 1. The van der Waals surface area contributed by atoms with Gasteiger partial charge in [0.05, 0.1) is 5.69 Å². The van der Waals surface area contributed by atoms with Crippen LogP contribution in [0, 0.1) is 0 Å². The summed E-state index contributed by atoms with van der Waals surface area (Å²) < 4.78 is 0. The molecular weight excluding hydrogens is 212 g/mol. The zero-order valence-electron chi connectivity index (χ0n) is 10.8. The molecule has 1 amide bonds. The van der Waals surface area contributed by atoms with Gasteiger partial charge in [0.15, 0.2) is 0 Å². The van der Waals surface area contributed by atoms with Crippen LogP contribution in [-0.4, -0.2) is 30.6 Å². The Morgan fingerprint density at radius 1 is 1.35 bits per heavy atom. The fraction of sp³-hybridized carbons (Fsp3) is 0.429. The maximum Gasteiger partial charge on any atom is 0.223 e. The Bertz CT molecular complexity index is 491. The van der Waals surface area contributed by atoms with Gasteiger partial charge in [0, 0.05) is 31.6 Å². The first kappa shape index (κ1) is 11.8. The Morgan fingerprint density at radius 3 is 2.65 bits per heavy atom. The van der Waals surface area contributed by atoms with Crippen LogP contribution in [0.4, 0.5) is 5.69 Å². The molecule has 1 atom stereocenters. The third kappa shape index (κ3) is 1.86. The van der Waals surface area contributed by atoms with E-state index in [0.29, 0.717) is 6.42 Å². The van der Waals surface area contributed by atoms with Gasteiger partial charge in [0.25, 0.3) is 0 Å². The van der Waals surface area contributed by atoms with Gasteiger partial charge in [-0.3, -0.25) is 9.79 Å². The molecule has 0 bridgehead atoms. The lowest BCUT2D eigenvalue weighted by molar-refractivity contribution is -0.129. The molecule has 2 rings (SSSR count). The summed E-state index contributed by atoms with van der Waals surface area (Å²) in [4.78, 5) is 18.1. The molecule has 0 saturated carbocycles. The molecule has 3 nitrogen and oxygen atoms in total. The van der Waals surface area contributed by atoms with Gasteiger partial charge >= 0.3 is 0 Å². The zero-order valence-corrected chi connectivity index (χ0v) is 10.8. The van der Waals surface area contributed by atoms with Crippen LogP contribution < -0.4 is 0 Å². The molecule has 1 aromatic carbocycles. The number of hydrogen-bond acceptors (Lipinski definition) is 2. The molecule has 3 heteroatoms. The summed E-state index contributed by atoms with van der Waals surface area (Å²) in [5, 5.41) is 0. The minimum absolute atomic E-state index is 0.138. The predicted molar refractivity (Wildman–Crippen MR) is 69.9 cm³/mol. The van der Waals surface area contributed by atoms with Crippen molar-refractivity contribution in [3.63, 3.8) is 0 Å². The maximum atomic E-state index is 11.9. The van der Waals surface area contributed by atoms with E-state index in [0.717, 1.165) is 17.0 Å². The largest absolute Gasteiger partial charge is 0.349 e. The van der Waals surface area contributed by atoms with Crippen molar-refractivity contribution in [2.24, 2.45) is 4.99 Å². The van der Waals surface area contributed by atoms with Crippen LogP contribution >= 0.6 is 0 Å². The molecule has 0 aliphatic carbocycles. The van der Waals surface area contributed by atoms with Crippen molar-refractivity contribution in [1.29, 1.82) is 0 Å². The van der Waals surface area contributed by atoms with Gasteiger partial charge in [-0.25, -0.2) is 0 Å². The summed E-state index contributed by atoms with van der Waals surface area (Å²) in [6.07, 6.45) is 0.479. The number of hydrogen-bond donors (Lipinski definition) is 0. The Morgan fingerprint density at radius 2 is 2.00 bits per heavy atom. The number of aliphatic imine (C=N–C) groups is 1. The summed E-state index contributed by atoms with van der Waals surface area (Å²) in [5.74, 6) is 0.138. The third-order valence-corrected chi connectivity index (χ3v) is 3.59. The van der Waals surface area contributed by atoms with Gasteiger partial charge in [-0.1, -0.05) is 18.2 Å². The van der Waals surface area contributed by atoms with Gasteiger partial charge in [0.2, 0.25) is 5.91 Å². The van der Waals surface area contributed by atoms with E-state index in [-0.39, 0.29) is 11.3 Å². The van der Waals surface area contributed by atoms with E-state index < -0.39 is 0 Å². The SMILES string of the molecule is CC1=Nc2ccccc2C1(C)CC(=O)N(C)C. The first-order valence-corrected chi connectivity index (χ1v) is 5.80. The number of fused-ring (bicyclic) bond motifs is 1. The average molecular weight is 230 g/mol. The Hall–Kier alpha value is -1.64. The molecule has 0 aromatic heterocycles. The van der Waals surface area contributed by atoms with Crippen LogP contribution in [0.2, 0.25) is 0 Å². The van der Waals surface area contributed by atoms with E-state index >= 15 is 0 Å². The lowest BCUT2D eigenvalue weighted by atomic mass is 9.77. The predicted octanol–water partition coefficient (Wildman–Crippen LogP) is 2.53. The second kappa shape index (κ2) is 3.99. The number of carbonyl (C=O) groups excluding carboxylic acids is 1. The molecule has 1 aliphatic heterocycles. The Balaban J connectivity index is 2.38. The smallest absolute Gasteiger partial charge is 0.223 e. The van der Waals surface area contributed by atoms with E-state index in [1.165, 1.54) is 0 Å². The molecule has 1 aromatic rings. The summed E-state index contributed by atoms with van der Waals surface area (Å²) in [5.41, 5.74) is 2.93. The quantitative estimate of drug-likeness (QED) is 0.768. The fourth-order valence-corrected chi connectivity index (χ4v) is 2.22. The number of amides is 1. The van der Waals surface area contributed by atoms with Crippen molar-refractivity contribution >= 4 is 17.3 Å². The first-order chi connectivity index (χ1) is 7.95. The van der Waals surface area contributed by atoms with Crippen molar-refractivity contribution in [2.75, 3.05) is 14.1 Å². The number of rotatable bonds is 2. The van der Waals surface area contributed by atoms with Gasteiger partial charge in [-0.05, 0) is 25.5 Å². The van der Waals surface area contributed by atoms with Crippen molar-refractivity contribution in [1.82, 2.24) is 4.90 Å². The topological polar surface area (TPSA) is 32.7 Å². The second-order valence-corrected chi connectivity index (χ2v) is 5.01. The highest BCUT2D eigenvalue weighted by Gasteiger charge is 2.38. The molecule has 0 N–H and O–H groups in total. The molecule has 1 aliphatic rings. The highest BCUT2D eigenvalue weighted by Crippen LogP contribution is 2.42. The fourth-order valence-electron chi connectivity index (χ4n) is 2.22. The maximum absolute atomic E-state index is 11.9. The molecule has 0 spiro atoms. The molecule has 90 valence electrons. The summed E-state index contributed by atoms with van der Waals surface area (Å²) in [6.45, 7) is 4.10. The molecular formula is C14H18N2O. The van der Waals surface area contributed by atoms with E-state index in [2.05, 4.69) is 18.0 Å². The van der Waals surface area contributed by atoms with E-state index in [1.807, 2.05) is 25.1 Å². The van der Waals surface area contributed by atoms with Crippen molar-refractivity contribution in [2.45, 2.75) is 25.7 Å². The van der Waals surface area contributed by atoms with Gasteiger partial charge in [0.1, 0.15) is 0 Å². The summed E-state index contributed by atoms with van der Waals surface area (Å²) in [7, 11) is 3.58. The zero-order chi connectivity index (χ0) is 12.6. The van der Waals surface area contributed by atoms with Crippen molar-refractivity contribution < 1.29 is 4.79 Å². The molecule has 0 fully saturated rings. The number of para-hydroxylation sites is 1. The van der Waals surface area contributed by atoms with Crippen LogP contribution in [-0.2, 0) is 10.2 Å². The van der Waals surface area contributed by atoms with Crippen molar-refractivity contribution in [3.8, 4) is 0 Å². The Kier molecular flexibility index (Phi) is 2.77. The average Bonchev–Trinajstić information content (AvgIpc) is 2.52. The van der Waals surface area contributed by atoms with E-state index in [1.54, 1.807) is 19.0 Å². The monoisotopic (exact) mass is 230 g/mol. The molecule has 0 saturated heterocycles. The highest BCUT2D eigenvalue weighted by atomic mass is 16.2. The minimum Gasteiger partial charge on any atom is -0.349 e. The molecule has 1 heterocycles. The summed E-state index contributed by atoms with van der Waals surface area (Å²) in [6, 6.07) is 8.06. The van der Waals surface area contributed by atoms with Crippen LogP contribution in [0.1, 0.15) is 25.8 Å². The molecule has 17 heavy (non-hydrogen) atoms. The van der Waals surface area contributed by atoms with Crippen LogP contribution in [0.5, 0.6) is 0 Å². The molecule has 0 radical (unpaired) electrons. The first-order valence-electron chi connectivity index (χ1n) is 5.80. The van der Waals surface area contributed by atoms with E-state index in [9.17, 15) is 4.79 Å². The highest BCUT2D eigenvalue weighted by molar-refractivity contribution is 6.02. The van der Waals surface area contributed by atoms with Gasteiger partial charge < -0.3 is 4.90 Å². The van der Waals surface area contributed by atoms with E-state index in [4.69, 9.17) is 0 Å². The van der Waals surface area contributed by atoms with Crippen LogP contribution in [0.3, 0.4) is 0 Å². The molecule has 1 unspecified atom stereocenters. The van der Waals surface area contributed by atoms with Gasteiger partial charge in [-0.15, -0.1) is 0 Å². The number of benzene rings is 1. The minimum atomic E-state index is -0.252. The lowest BCUT2D eigenvalue weighted by Gasteiger charge is -2.27. The van der Waals surface area contributed by atoms with Gasteiger partial charge in [-0.2, -0.15) is 0 Å². The normalized spacial score (nSPS) is 22.0. The van der Waals surface area contributed by atoms with Crippen LogP contribution in [0.25, 0.3) is 0 Å². The Labute approximate surface area is 102 Å². The standard InChI is InChI=1S/C14H18N2O/c1-10-14(2,9-13(17)16(3)4)11-7-5-6-8-12(11)15-10/h5-8H,9H2,1-4H3. The number of nitrogens with zero attached hydrogens (tertiary/aromatic N) is 2. The summed E-state index contributed by atoms with van der Waals surface area (Å²) >= 11 is 0. The second-order valence-electron chi connectivity index (χ2n) is 5.01. The third-order valence-electron chi connectivity index (χ3n) is 3.59. The van der Waals surface area contributed by atoms with Crippen LogP contribution in [0.15, 0.2) is 29.3 Å². The lowest BCUT2D eigenvalue weighted by Crippen LogP contribution is -2.35.